The van der Waals surface area contributed by atoms with E-state index in [9.17, 15) is 13.9 Å². The van der Waals surface area contributed by atoms with E-state index in [0.717, 1.165) is 5.56 Å². The predicted molar refractivity (Wildman–Crippen MR) is 116 cm³/mol. The molecule has 0 bridgehead atoms. The maximum absolute atomic E-state index is 13.5. The number of benzene rings is 1. The standard InChI is InChI=1S/C20H33NO7P2/c1-5-25-29(23,26-6-2)19(30(24,27-7-3)28-8-4)14-11-15-21-16-17-12-9-10-13-18(17)20(21)22/h9-10,12-13,19H,5-8,11,14-16H2,1-4H3. The van der Waals surface area contributed by atoms with E-state index in [0.29, 0.717) is 25.1 Å². The number of nitrogens with zero attached hydrogens (tertiary/aromatic N) is 1. The van der Waals surface area contributed by atoms with Crippen LogP contribution in [-0.2, 0) is 33.8 Å². The molecule has 1 aliphatic rings. The van der Waals surface area contributed by atoms with Crippen LogP contribution in [0.5, 0.6) is 0 Å². The van der Waals surface area contributed by atoms with Gasteiger partial charge >= 0.3 is 15.2 Å². The van der Waals surface area contributed by atoms with Crippen LogP contribution in [0.4, 0.5) is 0 Å². The Hall–Kier alpha value is -1.01. The van der Waals surface area contributed by atoms with Crippen molar-refractivity contribution in [1.82, 2.24) is 4.90 Å². The van der Waals surface area contributed by atoms with Gasteiger partial charge < -0.3 is 23.0 Å². The van der Waals surface area contributed by atoms with Crippen LogP contribution >= 0.6 is 15.2 Å². The normalized spacial score (nSPS) is 14.6. The Morgan fingerprint density at radius 1 is 0.900 bits per heavy atom. The van der Waals surface area contributed by atoms with E-state index in [1.165, 1.54) is 0 Å². The summed E-state index contributed by atoms with van der Waals surface area (Å²) >= 11 is 0. The molecular formula is C20H33NO7P2. The first-order valence-electron chi connectivity index (χ1n) is 10.5. The lowest BCUT2D eigenvalue weighted by molar-refractivity contribution is 0.0776. The van der Waals surface area contributed by atoms with Crippen molar-refractivity contribution in [2.24, 2.45) is 0 Å². The molecule has 0 aromatic heterocycles. The Kier molecular flexibility index (Phi) is 9.73. The summed E-state index contributed by atoms with van der Waals surface area (Å²) in [7, 11) is -7.52. The van der Waals surface area contributed by atoms with Crippen LogP contribution in [0.15, 0.2) is 24.3 Å². The second-order valence-electron chi connectivity index (χ2n) is 6.76. The highest BCUT2D eigenvalue weighted by Crippen LogP contribution is 2.71. The van der Waals surface area contributed by atoms with Gasteiger partial charge in [-0.3, -0.25) is 13.9 Å². The number of carbonyl (C=O) groups excluding carboxylic acids is 1. The van der Waals surface area contributed by atoms with Gasteiger partial charge in [-0.1, -0.05) is 18.2 Å². The third-order valence-electron chi connectivity index (χ3n) is 4.75. The maximum Gasteiger partial charge on any atom is 0.345 e. The highest BCUT2D eigenvalue weighted by atomic mass is 31.2. The van der Waals surface area contributed by atoms with Crippen LogP contribution < -0.4 is 0 Å². The Balaban J connectivity index is 2.18. The quantitative estimate of drug-likeness (QED) is 0.348. The minimum absolute atomic E-state index is 0.0299. The summed E-state index contributed by atoms with van der Waals surface area (Å²) in [5, 5.41) is -1.05. The average molecular weight is 461 g/mol. The van der Waals surface area contributed by atoms with Crippen LogP contribution in [0.25, 0.3) is 0 Å². The van der Waals surface area contributed by atoms with E-state index in [1.807, 2.05) is 24.3 Å². The lowest BCUT2D eigenvalue weighted by Crippen LogP contribution is -2.26. The predicted octanol–water partition coefficient (Wildman–Crippen LogP) is 5.28. The lowest BCUT2D eigenvalue weighted by Gasteiger charge is -2.31. The number of rotatable bonds is 14. The van der Waals surface area contributed by atoms with Crippen LogP contribution in [0.1, 0.15) is 56.5 Å². The van der Waals surface area contributed by atoms with Gasteiger partial charge in [0.15, 0.2) is 5.40 Å². The molecule has 10 heteroatoms. The van der Waals surface area contributed by atoms with Gasteiger partial charge in [-0.05, 0) is 52.2 Å². The maximum atomic E-state index is 13.5. The van der Waals surface area contributed by atoms with Gasteiger partial charge in [0.2, 0.25) is 0 Å². The average Bonchev–Trinajstić information content (AvgIpc) is 3.02. The fourth-order valence-corrected chi connectivity index (χ4v) is 9.05. The molecule has 0 atom stereocenters. The van der Waals surface area contributed by atoms with Crippen LogP contribution in [0.2, 0.25) is 0 Å². The van der Waals surface area contributed by atoms with Crippen molar-refractivity contribution < 1.29 is 32.0 Å². The summed E-state index contributed by atoms with van der Waals surface area (Å²) < 4.78 is 49.0. The summed E-state index contributed by atoms with van der Waals surface area (Å²) in [6.07, 6.45) is 0.674. The molecule has 2 rings (SSSR count). The van der Waals surface area contributed by atoms with E-state index in [4.69, 9.17) is 18.1 Å². The number of hydrogen-bond acceptors (Lipinski definition) is 7. The van der Waals surface area contributed by atoms with Crippen molar-refractivity contribution in [3.63, 3.8) is 0 Å². The van der Waals surface area contributed by atoms with E-state index >= 15 is 0 Å². The van der Waals surface area contributed by atoms with Gasteiger partial charge in [-0.25, -0.2) is 0 Å². The zero-order chi connectivity index (χ0) is 22.2. The summed E-state index contributed by atoms with van der Waals surface area (Å²) in [6, 6.07) is 7.51. The third kappa shape index (κ3) is 5.82. The molecule has 30 heavy (non-hydrogen) atoms. The van der Waals surface area contributed by atoms with Crippen molar-refractivity contribution in [3.8, 4) is 0 Å². The zero-order valence-corrected chi connectivity index (χ0v) is 20.0. The van der Waals surface area contributed by atoms with Crippen molar-refractivity contribution >= 4 is 21.1 Å². The Morgan fingerprint density at radius 3 is 1.87 bits per heavy atom. The fourth-order valence-electron chi connectivity index (χ4n) is 3.59. The molecule has 0 spiro atoms. The van der Waals surface area contributed by atoms with Gasteiger partial charge in [0.1, 0.15) is 0 Å². The Morgan fingerprint density at radius 2 is 1.40 bits per heavy atom. The summed E-state index contributed by atoms with van der Waals surface area (Å²) in [6.45, 7) is 8.35. The molecule has 0 saturated heterocycles. The van der Waals surface area contributed by atoms with Gasteiger partial charge in [-0.15, -0.1) is 0 Å². The first-order valence-corrected chi connectivity index (χ1v) is 13.7. The van der Waals surface area contributed by atoms with Gasteiger partial charge in [-0.2, -0.15) is 0 Å². The lowest BCUT2D eigenvalue weighted by atomic mass is 10.1. The minimum atomic E-state index is -3.76. The molecule has 0 N–H and O–H groups in total. The molecule has 0 radical (unpaired) electrons. The molecular weight excluding hydrogens is 428 g/mol. The second kappa shape index (κ2) is 11.6. The van der Waals surface area contributed by atoms with Crippen LogP contribution in [-0.4, -0.2) is 49.2 Å². The number of amides is 1. The molecule has 0 unspecified atom stereocenters. The number of hydrogen-bond donors (Lipinski definition) is 0. The molecule has 1 amide bonds. The van der Waals surface area contributed by atoms with E-state index in [2.05, 4.69) is 0 Å². The SMILES string of the molecule is CCOP(=O)(OCC)C(CCCN1Cc2ccccc2C1=O)P(=O)(OCC)OCC. The van der Waals surface area contributed by atoms with Crippen molar-refractivity contribution in [2.45, 2.75) is 52.5 Å². The van der Waals surface area contributed by atoms with E-state index < -0.39 is 20.6 Å². The first kappa shape index (κ1) is 25.3. The minimum Gasteiger partial charge on any atom is -0.334 e. The molecule has 1 heterocycles. The van der Waals surface area contributed by atoms with Crippen LogP contribution in [0, 0.1) is 0 Å². The molecule has 0 aliphatic carbocycles. The molecule has 1 aromatic carbocycles. The third-order valence-corrected chi connectivity index (χ3v) is 10.9. The number of carbonyl (C=O) groups is 1. The summed E-state index contributed by atoms with van der Waals surface area (Å²) in [5.41, 5.74) is 1.69. The highest BCUT2D eigenvalue weighted by Gasteiger charge is 2.50. The fraction of sp³-hybridized carbons (Fsp3) is 0.650. The first-order chi connectivity index (χ1) is 14.3. The zero-order valence-electron chi connectivity index (χ0n) is 18.2. The highest BCUT2D eigenvalue weighted by molar-refractivity contribution is 7.72. The van der Waals surface area contributed by atoms with Gasteiger partial charge in [0.25, 0.3) is 5.91 Å². The topological polar surface area (TPSA) is 91.4 Å². The summed E-state index contributed by atoms with van der Waals surface area (Å²) in [4.78, 5) is 14.3. The molecule has 1 aromatic rings. The Labute approximate surface area is 179 Å². The van der Waals surface area contributed by atoms with Gasteiger partial charge in [0, 0.05) is 18.7 Å². The monoisotopic (exact) mass is 461 g/mol. The van der Waals surface area contributed by atoms with Gasteiger partial charge in [0.05, 0.1) is 26.4 Å². The van der Waals surface area contributed by atoms with E-state index in [1.54, 1.807) is 32.6 Å². The Bertz CT molecular complexity index is 751. The molecule has 8 nitrogen and oxygen atoms in total. The summed E-state index contributed by atoms with van der Waals surface area (Å²) in [5.74, 6) is -0.0299. The number of fused-ring (bicyclic) bond motifs is 1. The molecule has 1 aliphatic heterocycles. The second-order valence-corrected chi connectivity index (χ2v) is 11.6. The smallest absolute Gasteiger partial charge is 0.334 e. The van der Waals surface area contributed by atoms with Crippen molar-refractivity contribution in [3.05, 3.63) is 35.4 Å². The van der Waals surface area contributed by atoms with Crippen molar-refractivity contribution in [2.75, 3.05) is 33.0 Å². The molecule has 170 valence electrons. The van der Waals surface area contributed by atoms with Crippen LogP contribution in [0.3, 0.4) is 0 Å². The largest absolute Gasteiger partial charge is 0.345 e. The van der Waals surface area contributed by atoms with Crippen molar-refractivity contribution in [1.29, 1.82) is 0 Å². The van der Waals surface area contributed by atoms with E-state index in [-0.39, 0.29) is 38.8 Å². The molecule has 0 fully saturated rings. The molecule has 0 saturated carbocycles.